The van der Waals surface area contributed by atoms with Crippen LogP contribution in [-0.2, 0) is 0 Å². The molecule has 0 aromatic carbocycles. The molecule has 0 rings (SSSR count). The van der Waals surface area contributed by atoms with Crippen LogP contribution in [0.25, 0.3) is 0 Å². The van der Waals surface area contributed by atoms with Crippen LogP contribution in [0, 0.1) is 12.0 Å². The van der Waals surface area contributed by atoms with E-state index in [0.29, 0.717) is 5.41 Å². The number of allylic oxidation sites excluding steroid dienone is 1. The fraction of sp³-hybridized carbons (Fsp3) is 0.917. The molecule has 0 bridgehead atoms. The first-order valence-electron chi connectivity index (χ1n) is 11.1. The largest absolute Gasteiger partial charge is 0.0845 e. The van der Waals surface area contributed by atoms with Gasteiger partial charge in [-0.05, 0) is 24.7 Å². The van der Waals surface area contributed by atoms with E-state index in [1.54, 1.807) is 6.08 Å². The van der Waals surface area contributed by atoms with Gasteiger partial charge in [0, 0.05) is 0 Å². The molecule has 0 amide bonds. The van der Waals surface area contributed by atoms with Crippen LogP contribution >= 0.6 is 0 Å². The Hall–Kier alpha value is -0.260. The molecule has 0 aromatic heterocycles. The summed E-state index contributed by atoms with van der Waals surface area (Å²) in [7, 11) is 0. The maximum Gasteiger partial charge on any atom is -0.0348 e. The third-order valence-electron chi connectivity index (χ3n) is 5.05. The van der Waals surface area contributed by atoms with Crippen LogP contribution in [0.15, 0.2) is 6.08 Å². The second-order valence-corrected chi connectivity index (χ2v) is 8.99. The molecule has 0 nitrogen and oxygen atoms in total. The Balaban J connectivity index is 3.01. The Morgan fingerprint density at radius 1 is 0.500 bits per heavy atom. The SMILES string of the molecule is [CH]=CCCCCCCCCCCCCCCCCCCC(C)(C)C. The molecule has 0 aliphatic rings. The Bertz CT molecular complexity index is 245. The third-order valence-corrected chi connectivity index (χ3v) is 5.05. The fourth-order valence-corrected chi connectivity index (χ4v) is 3.39. The van der Waals surface area contributed by atoms with Crippen molar-refractivity contribution < 1.29 is 0 Å². The van der Waals surface area contributed by atoms with Crippen molar-refractivity contribution in [1.29, 1.82) is 0 Å². The van der Waals surface area contributed by atoms with Crippen molar-refractivity contribution >= 4 is 0 Å². The quantitative estimate of drug-likeness (QED) is 0.219. The third kappa shape index (κ3) is 21.7. The summed E-state index contributed by atoms with van der Waals surface area (Å²) in [4.78, 5) is 0. The van der Waals surface area contributed by atoms with Crippen LogP contribution in [-0.4, -0.2) is 0 Å². The van der Waals surface area contributed by atoms with Gasteiger partial charge in [-0.3, -0.25) is 0 Å². The first-order valence-corrected chi connectivity index (χ1v) is 11.1. The van der Waals surface area contributed by atoms with Crippen LogP contribution in [0.2, 0.25) is 0 Å². The van der Waals surface area contributed by atoms with Crippen molar-refractivity contribution in [3.63, 3.8) is 0 Å². The van der Waals surface area contributed by atoms with Gasteiger partial charge in [0.1, 0.15) is 0 Å². The lowest BCUT2D eigenvalue weighted by atomic mass is 9.89. The second kappa shape index (κ2) is 17.6. The van der Waals surface area contributed by atoms with Crippen molar-refractivity contribution in [2.45, 2.75) is 136 Å². The first kappa shape index (κ1) is 23.7. The summed E-state index contributed by atoms with van der Waals surface area (Å²) in [5, 5.41) is 0. The molecule has 0 spiro atoms. The number of unbranched alkanes of at least 4 members (excludes halogenated alkanes) is 16. The normalized spacial score (nSPS) is 11.8. The zero-order valence-electron chi connectivity index (χ0n) is 17.4. The molecule has 0 heteroatoms. The van der Waals surface area contributed by atoms with E-state index in [4.69, 9.17) is 6.58 Å². The van der Waals surface area contributed by atoms with Gasteiger partial charge < -0.3 is 0 Å². The lowest BCUT2D eigenvalue weighted by Gasteiger charge is -2.17. The van der Waals surface area contributed by atoms with E-state index in [2.05, 4.69) is 20.8 Å². The zero-order chi connectivity index (χ0) is 17.9. The summed E-state index contributed by atoms with van der Waals surface area (Å²) in [6.07, 6.45) is 27.3. The summed E-state index contributed by atoms with van der Waals surface area (Å²) in [6.45, 7) is 12.5. The van der Waals surface area contributed by atoms with E-state index in [-0.39, 0.29) is 0 Å². The molecule has 0 heterocycles. The number of hydrogen-bond donors (Lipinski definition) is 0. The van der Waals surface area contributed by atoms with Crippen LogP contribution in [0.5, 0.6) is 0 Å². The van der Waals surface area contributed by atoms with Crippen molar-refractivity contribution in [3.8, 4) is 0 Å². The summed E-state index contributed by atoms with van der Waals surface area (Å²) >= 11 is 0. The number of hydrogen-bond acceptors (Lipinski definition) is 0. The van der Waals surface area contributed by atoms with Gasteiger partial charge in [0.2, 0.25) is 0 Å². The minimum Gasteiger partial charge on any atom is -0.0845 e. The Morgan fingerprint density at radius 3 is 1.08 bits per heavy atom. The lowest BCUT2D eigenvalue weighted by molar-refractivity contribution is 0.356. The van der Waals surface area contributed by atoms with Crippen LogP contribution in [0.1, 0.15) is 136 Å². The van der Waals surface area contributed by atoms with Crippen LogP contribution in [0.3, 0.4) is 0 Å². The molecule has 0 aromatic rings. The predicted molar refractivity (Wildman–Crippen MR) is 111 cm³/mol. The van der Waals surface area contributed by atoms with Crippen LogP contribution < -0.4 is 0 Å². The summed E-state index contributed by atoms with van der Waals surface area (Å²) in [5.74, 6) is 0. The summed E-state index contributed by atoms with van der Waals surface area (Å²) < 4.78 is 0. The first-order chi connectivity index (χ1) is 11.6. The molecule has 0 unspecified atom stereocenters. The molecule has 0 saturated heterocycles. The maximum atomic E-state index is 5.38. The van der Waals surface area contributed by atoms with Crippen molar-refractivity contribution in [2.24, 2.45) is 5.41 Å². The van der Waals surface area contributed by atoms with E-state index in [9.17, 15) is 0 Å². The Labute approximate surface area is 154 Å². The van der Waals surface area contributed by atoms with Crippen molar-refractivity contribution in [1.82, 2.24) is 0 Å². The average Bonchev–Trinajstić information content (AvgIpc) is 2.52. The molecule has 0 fully saturated rings. The van der Waals surface area contributed by atoms with Gasteiger partial charge in [0.25, 0.3) is 0 Å². The van der Waals surface area contributed by atoms with Gasteiger partial charge >= 0.3 is 0 Å². The van der Waals surface area contributed by atoms with E-state index in [1.165, 1.54) is 109 Å². The van der Waals surface area contributed by atoms with Gasteiger partial charge in [0.05, 0.1) is 0 Å². The van der Waals surface area contributed by atoms with E-state index < -0.39 is 0 Å². The highest BCUT2D eigenvalue weighted by Gasteiger charge is 2.08. The summed E-state index contributed by atoms with van der Waals surface area (Å²) in [6, 6.07) is 0. The minimum absolute atomic E-state index is 0.531. The molecule has 0 atom stereocenters. The second-order valence-electron chi connectivity index (χ2n) is 8.99. The van der Waals surface area contributed by atoms with Gasteiger partial charge in [-0.25, -0.2) is 0 Å². The minimum atomic E-state index is 0.531. The lowest BCUT2D eigenvalue weighted by Crippen LogP contribution is -2.03. The van der Waals surface area contributed by atoms with Gasteiger partial charge in [-0.15, -0.1) is 0 Å². The molecular weight excluding hydrogens is 288 g/mol. The molecule has 0 aliphatic heterocycles. The highest BCUT2D eigenvalue weighted by Crippen LogP contribution is 2.22. The van der Waals surface area contributed by atoms with Crippen molar-refractivity contribution in [2.75, 3.05) is 0 Å². The predicted octanol–water partition coefficient (Wildman–Crippen LogP) is 9.04. The number of rotatable bonds is 18. The molecule has 24 heavy (non-hydrogen) atoms. The highest BCUT2D eigenvalue weighted by atomic mass is 14.1. The fourth-order valence-electron chi connectivity index (χ4n) is 3.39. The van der Waals surface area contributed by atoms with Gasteiger partial charge in [-0.2, -0.15) is 0 Å². The van der Waals surface area contributed by atoms with E-state index in [1.807, 2.05) is 0 Å². The molecule has 0 aliphatic carbocycles. The molecular formula is C24H47. The monoisotopic (exact) mass is 335 g/mol. The smallest absolute Gasteiger partial charge is 0.0348 e. The van der Waals surface area contributed by atoms with E-state index in [0.717, 1.165) is 6.42 Å². The zero-order valence-corrected chi connectivity index (χ0v) is 17.4. The average molecular weight is 336 g/mol. The van der Waals surface area contributed by atoms with Gasteiger partial charge in [-0.1, -0.05) is 130 Å². The maximum absolute atomic E-state index is 5.38. The summed E-state index contributed by atoms with van der Waals surface area (Å²) in [5.41, 5.74) is 0.531. The Kier molecular flexibility index (Phi) is 17.4. The van der Waals surface area contributed by atoms with E-state index >= 15 is 0 Å². The standard InChI is InChI=1S/C24H47/c1-5-6-7-8-9-10-11-12-13-14-15-16-17-18-19-20-21-22-23-24(2,3)4/h1,5H,6-23H2,2-4H3. The Morgan fingerprint density at radius 2 is 0.792 bits per heavy atom. The molecule has 0 N–H and O–H groups in total. The highest BCUT2D eigenvalue weighted by molar-refractivity contribution is 4.62. The van der Waals surface area contributed by atoms with Crippen molar-refractivity contribution in [3.05, 3.63) is 12.7 Å². The van der Waals surface area contributed by atoms with Gasteiger partial charge in [0.15, 0.2) is 0 Å². The molecule has 0 saturated carbocycles. The molecule has 143 valence electrons. The topological polar surface area (TPSA) is 0 Å². The van der Waals surface area contributed by atoms with Crippen LogP contribution in [0.4, 0.5) is 0 Å². The molecule has 1 radical (unpaired) electrons.